The molecule has 2 aromatic carbocycles. The molecular formula is C12H11N3. The van der Waals surface area contributed by atoms with Crippen molar-refractivity contribution in [2.45, 2.75) is 13.0 Å². The van der Waals surface area contributed by atoms with Gasteiger partial charge in [-0.25, -0.2) is 0 Å². The fourth-order valence-electron chi connectivity index (χ4n) is 1.75. The molecule has 0 aromatic heterocycles. The van der Waals surface area contributed by atoms with E-state index in [0.29, 0.717) is 0 Å². The minimum atomic E-state index is -0.124. The summed E-state index contributed by atoms with van der Waals surface area (Å²) >= 11 is 0. The Morgan fingerprint density at radius 1 is 1.13 bits per heavy atom. The molecule has 0 radical (unpaired) electrons. The molecule has 0 bridgehead atoms. The average Bonchev–Trinajstić information content (AvgIpc) is 2.28. The molecule has 0 aliphatic rings. The van der Waals surface area contributed by atoms with Crippen LogP contribution in [0.5, 0.6) is 0 Å². The molecule has 2 rings (SSSR count). The highest BCUT2D eigenvalue weighted by Gasteiger charge is 2.06. The highest BCUT2D eigenvalue weighted by atomic mass is 15.1. The number of azide groups is 1. The number of hydrogen-bond acceptors (Lipinski definition) is 1. The molecule has 0 fully saturated rings. The molecule has 1 unspecified atom stereocenters. The van der Waals surface area contributed by atoms with Crippen molar-refractivity contribution in [3.63, 3.8) is 0 Å². The summed E-state index contributed by atoms with van der Waals surface area (Å²) in [5.41, 5.74) is 9.50. The predicted molar refractivity (Wildman–Crippen MR) is 61.5 cm³/mol. The molecule has 0 aliphatic heterocycles. The lowest BCUT2D eigenvalue weighted by Crippen LogP contribution is -1.89. The number of fused-ring (bicyclic) bond motifs is 1. The summed E-state index contributed by atoms with van der Waals surface area (Å²) in [5.74, 6) is 0. The Bertz CT molecular complexity index is 522. The fraction of sp³-hybridized carbons (Fsp3) is 0.167. The lowest BCUT2D eigenvalue weighted by Gasteiger charge is -2.08. The second kappa shape index (κ2) is 4.03. The molecule has 0 saturated carbocycles. The molecule has 0 saturated heterocycles. The third-order valence-electron chi connectivity index (χ3n) is 2.50. The van der Waals surface area contributed by atoms with E-state index < -0.39 is 0 Å². The van der Waals surface area contributed by atoms with Crippen LogP contribution in [0.2, 0.25) is 0 Å². The van der Waals surface area contributed by atoms with Crippen LogP contribution in [0, 0.1) is 0 Å². The van der Waals surface area contributed by atoms with Gasteiger partial charge in [-0.1, -0.05) is 54.5 Å². The van der Waals surface area contributed by atoms with Gasteiger partial charge in [0.15, 0.2) is 0 Å². The summed E-state index contributed by atoms with van der Waals surface area (Å²) in [6, 6.07) is 14.0. The first kappa shape index (κ1) is 9.56. The third-order valence-corrected chi connectivity index (χ3v) is 2.50. The van der Waals surface area contributed by atoms with Crippen molar-refractivity contribution in [1.82, 2.24) is 0 Å². The summed E-state index contributed by atoms with van der Waals surface area (Å²) in [6.45, 7) is 1.90. The van der Waals surface area contributed by atoms with Gasteiger partial charge < -0.3 is 0 Å². The Kier molecular flexibility index (Phi) is 2.57. The van der Waals surface area contributed by atoms with E-state index in [4.69, 9.17) is 5.53 Å². The highest BCUT2D eigenvalue weighted by Crippen LogP contribution is 2.26. The maximum atomic E-state index is 8.43. The Hall–Kier alpha value is -1.99. The van der Waals surface area contributed by atoms with E-state index in [-0.39, 0.29) is 6.04 Å². The topological polar surface area (TPSA) is 48.8 Å². The van der Waals surface area contributed by atoms with Crippen LogP contribution in [0.1, 0.15) is 18.5 Å². The molecule has 2 aromatic rings. The van der Waals surface area contributed by atoms with Crippen LogP contribution >= 0.6 is 0 Å². The SMILES string of the molecule is CC(N=[N+]=[N-])c1cccc2ccccc12. The highest BCUT2D eigenvalue weighted by molar-refractivity contribution is 5.86. The molecule has 15 heavy (non-hydrogen) atoms. The molecule has 3 nitrogen and oxygen atoms in total. The zero-order valence-electron chi connectivity index (χ0n) is 8.46. The second-order valence-corrected chi connectivity index (χ2v) is 3.45. The summed E-state index contributed by atoms with van der Waals surface area (Å²) in [7, 11) is 0. The quantitative estimate of drug-likeness (QED) is 0.393. The Labute approximate surface area is 88.0 Å². The van der Waals surface area contributed by atoms with Crippen LogP contribution in [0.3, 0.4) is 0 Å². The largest absolute Gasteiger partial charge is 0.0862 e. The van der Waals surface area contributed by atoms with Crippen molar-refractivity contribution in [3.8, 4) is 0 Å². The van der Waals surface area contributed by atoms with E-state index >= 15 is 0 Å². The van der Waals surface area contributed by atoms with Gasteiger partial charge in [-0.2, -0.15) is 0 Å². The summed E-state index contributed by atoms with van der Waals surface area (Å²) < 4.78 is 0. The van der Waals surface area contributed by atoms with Gasteiger partial charge in [-0.05, 0) is 21.9 Å². The lowest BCUT2D eigenvalue weighted by atomic mass is 10.0. The van der Waals surface area contributed by atoms with Gasteiger partial charge in [0.1, 0.15) is 0 Å². The van der Waals surface area contributed by atoms with Crippen molar-refractivity contribution in [2.75, 3.05) is 0 Å². The second-order valence-electron chi connectivity index (χ2n) is 3.45. The first-order chi connectivity index (χ1) is 7.33. The van der Waals surface area contributed by atoms with Gasteiger partial charge in [-0.15, -0.1) is 0 Å². The van der Waals surface area contributed by atoms with E-state index in [2.05, 4.69) is 22.2 Å². The smallest absolute Gasteiger partial charge is 0.0603 e. The maximum absolute atomic E-state index is 8.43. The van der Waals surface area contributed by atoms with Gasteiger partial charge in [0, 0.05) is 4.91 Å². The first-order valence-electron chi connectivity index (χ1n) is 4.85. The molecular weight excluding hydrogens is 186 g/mol. The van der Waals surface area contributed by atoms with Crippen molar-refractivity contribution < 1.29 is 0 Å². The Balaban J connectivity index is 2.65. The predicted octanol–water partition coefficient (Wildman–Crippen LogP) is 4.21. The molecule has 0 spiro atoms. The summed E-state index contributed by atoms with van der Waals surface area (Å²) in [4.78, 5) is 2.84. The Morgan fingerprint density at radius 2 is 1.87 bits per heavy atom. The fourth-order valence-corrected chi connectivity index (χ4v) is 1.75. The number of hydrogen-bond donors (Lipinski definition) is 0. The van der Waals surface area contributed by atoms with Gasteiger partial charge in [-0.3, -0.25) is 0 Å². The molecule has 1 atom stereocenters. The van der Waals surface area contributed by atoms with Crippen molar-refractivity contribution >= 4 is 10.8 Å². The van der Waals surface area contributed by atoms with Crippen LogP contribution in [0.4, 0.5) is 0 Å². The minimum Gasteiger partial charge on any atom is -0.0862 e. The number of benzene rings is 2. The molecule has 74 valence electrons. The molecule has 0 amide bonds. The van der Waals surface area contributed by atoms with Gasteiger partial charge in [0.05, 0.1) is 6.04 Å². The number of rotatable bonds is 2. The van der Waals surface area contributed by atoms with E-state index in [9.17, 15) is 0 Å². The molecule has 3 heteroatoms. The average molecular weight is 197 g/mol. The summed E-state index contributed by atoms with van der Waals surface area (Å²) in [6.07, 6.45) is 0. The van der Waals surface area contributed by atoms with Crippen molar-refractivity contribution in [2.24, 2.45) is 5.11 Å². The van der Waals surface area contributed by atoms with Gasteiger partial charge in [0.25, 0.3) is 0 Å². The zero-order valence-corrected chi connectivity index (χ0v) is 8.46. The lowest BCUT2D eigenvalue weighted by molar-refractivity contribution is 0.816. The van der Waals surface area contributed by atoms with Crippen LogP contribution in [-0.2, 0) is 0 Å². The normalized spacial score (nSPS) is 12.1. The van der Waals surface area contributed by atoms with Crippen molar-refractivity contribution in [1.29, 1.82) is 0 Å². The van der Waals surface area contributed by atoms with Crippen LogP contribution in [0.25, 0.3) is 21.2 Å². The van der Waals surface area contributed by atoms with E-state index in [1.54, 1.807) is 0 Å². The minimum absolute atomic E-state index is 0.124. The van der Waals surface area contributed by atoms with E-state index in [0.717, 1.165) is 10.9 Å². The monoisotopic (exact) mass is 197 g/mol. The standard InChI is InChI=1S/C12H11N3/c1-9(14-15-13)11-8-4-6-10-5-2-3-7-12(10)11/h2-9H,1H3. The number of nitrogens with zero attached hydrogens (tertiary/aromatic N) is 3. The molecule has 0 heterocycles. The van der Waals surface area contributed by atoms with Crippen LogP contribution in [0.15, 0.2) is 47.6 Å². The van der Waals surface area contributed by atoms with Crippen molar-refractivity contribution in [3.05, 3.63) is 58.5 Å². The Morgan fingerprint density at radius 3 is 2.67 bits per heavy atom. The summed E-state index contributed by atoms with van der Waals surface area (Å²) in [5, 5.41) is 6.05. The van der Waals surface area contributed by atoms with Crippen LogP contribution < -0.4 is 0 Å². The van der Waals surface area contributed by atoms with E-state index in [1.807, 2.05) is 37.3 Å². The first-order valence-corrected chi connectivity index (χ1v) is 4.85. The van der Waals surface area contributed by atoms with Crippen LogP contribution in [-0.4, -0.2) is 0 Å². The molecule has 0 N–H and O–H groups in total. The third kappa shape index (κ3) is 1.78. The van der Waals surface area contributed by atoms with Gasteiger partial charge >= 0.3 is 0 Å². The zero-order chi connectivity index (χ0) is 10.7. The maximum Gasteiger partial charge on any atom is 0.0603 e. The van der Waals surface area contributed by atoms with Gasteiger partial charge in [0.2, 0.25) is 0 Å². The van der Waals surface area contributed by atoms with E-state index in [1.165, 1.54) is 5.39 Å². The molecule has 0 aliphatic carbocycles.